The van der Waals surface area contributed by atoms with Gasteiger partial charge in [-0.1, -0.05) is 13.8 Å². The molecule has 228 valence electrons. The summed E-state index contributed by atoms with van der Waals surface area (Å²) in [6.07, 6.45) is 9.81. The molecular weight excluding hydrogens is 552 g/mol. The highest BCUT2D eigenvalue weighted by Gasteiger charge is 2.28. The van der Waals surface area contributed by atoms with Gasteiger partial charge in [-0.05, 0) is 37.0 Å². The summed E-state index contributed by atoms with van der Waals surface area (Å²) in [5.41, 5.74) is 1.86. The normalized spacial score (nSPS) is 17.3. The van der Waals surface area contributed by atoms with Crippen molar-refractivity contribution in [3.63, 3.8) is 0 Å². The minimum Gasteiger partial charge on any atom is -0.493 e. The first-order valence-corrected chi connectivity index (χ1v) is 14.4. The van der Waals surface area contributed by atoms with E-state index in [-0.39, 0.29) is 37.4 Å². The zero-order chi connectivity index (χ0) is 30.5. The van der Waals surface area contributed by atoms with E-state index >= 15 is 0 Å². The van der Waals surface area contributed by atoms with Crippen LogP contribution >= 0.6 is 0 Å². The Bertz CT molecular complexity index is 1600. The zero-order valence-corrected chi connectivity index (χ0v) is 24.9. The lowest BCUT2D eigenvalue weighted by Gasteiger charge is -2.25. The summed E-state index contributed by atoms with van der Waals surface area (Å²) in [7, 11) is 3.41. The molecule has 4 aromatic rings. The van der Waals surface area contributed by atoms with Crippen LogP contribution in [0, 0.1) is 5.92 Å². The fourth-order valence-corrected chi connectivity index (χ4v) is 5.24. The lowest BCUT2D eigenvalue weighted by Crippen LogP contribution is -2.52. The fraction of sp³-hybridized carbons (Fsp3) is 0.433. The van der Waals surface area contributed by atoms with E-state index in [1.54, 1.807) is 34.8 Å². The van der Waals surface area contributed by atoms with E-state index in [4.69, 9.17) is 9.47 Å². The number of carbonyl (C=O) groups excluding carboxylic acids is 3. The van der Waals surface area contributed by atoms with Gasteiger partial charge < -0.3 is 34.1 Å². The number of hydrogen-bond donors (Lipinski definition) is 2. The predicted molar refractivity (Wildman–Crippen MR) is 159 cm³/mol. The number of ether oxygens (including phenoxy) is 2. The number of nitrogens with one attached hydrogen (secondary N) is 2. The van der Waals surface area contributed by atoms with Gasteiger partial charge >= 0.3 is 0 Å². The van der Waals surface area contributed by atoms with Crippen LogP contribution in [0.1, 0.15) is 37.0 Å². The summed E-state index contributed by atoms with van der Waals surface area (Å²) in [6, 6.07) is 4.90. The Balaban J connectivity index is 1.43. The number of methoxy groups -OCH3 is 1. The van der Waals surface area contributed by atoms with Crippen LogP contribution in [0.15, 0.2) is 49.2 Å². The van der Waals surface area contributed by atoms with E-state index in [0.717, 1.165) is 11.4 Å². The lowest BCUT2D eigenvalue weighted by molar-refractivity contribution is -0.130. The monoisotopic (exact) mass is 590 g/mol. The number of aryl methyl sites for hydroxylation is 2. The van der Waals surface area contributed by atoms with Crippen LogP contribution in [-0.4, -0.2) is 85.7 Å². The third kappa shape index (κ3) is 6.50. The molecule has 5 rings (SSSR count). The molecule has 1 aliphatic rings. The predicted octanol–water partition coefficient (Wildman–Crippen LogP) is 2.12. The summed E-state index contributed by atoms with van der Waals surface area (Å²) < 4.78 is 17.1. The van der Waals surface area contributed by atoms with E-state index in [2.05, 4.69) is 20.7 Å². The Morgan fingerprint density at radius 1 is 1.14 bits per heavy atom. The summed E-state index contributed by atoms with van der Waals surface area (Å²) >= 11 is 0. The van der Waals surface area contributed by atoms with E-state index in [1.807, 2.05) is 49.9 Å². The summed E-state index contributed by atoms with van der Waals surface area (Å²) in [5, 5.41) is 10.1. The third-order valence-corrected chi connectivity index (χ3v) is 7.49. The maximum Gasteiger partial charge on any atom is 0.259 e. The SMILES string of the molecule is COc1ccc2cc1OCCCN(C(=O)c1cnn3ccn(C)c13)CC(=O)N[C@H](C(C)C)C(=O)NCCCn1ccnc1-2. The summed E-state index contributed by atoms with van der Waals surface area (Å²) in [6.45, 7) is 5.08. The Kier molecular flexibility index (Phi) is 8.98. The molecule has 0 saturated heterocycles. The second-order valence-electron chi connectivity index (χ2n) is 10.9. The maximum absolute atomic E-state index is 13.8. The van der Waals surface area contributed by atoms with Crippen LogP contribution in [0.5, 0.6) is 11.5 Å². The molecule has 0 spiro atoms. The molecule has 1 atom stereocenters. The van der Waals surface area contributed by atoms with Gasteiger partial charge in [-0.3, -0.25) is 14.4 Å². The van der Waals surface area contributed by atoms with Gasteiger partial charge in [-0.2, -0.15) is 5.10 Å². The molecule has 13 nitrogen and oxygen atoms in total. The van der Waals surface area contributed by atoms with Crippen molar-refractivity contribution < 1.29 is 23.9 Å². The van der Waals surface area contributed by atoms with Gasteiger partial charge in [0.2, 0.25) is 11.8 Å². The highest BCUT2D eigenvalue weighted by molar-refractivity contribution is 6.01. The van der Waals surface area contributed by atoms with Gasteiger partial charge in [-0.15, -0.1) is 0 Å². The van der Waals surface area contributed by atoms with Crippen molar-refractivity contribution >= 4 is 23.4 Å². The Morgan fingerprint density at radius 3 is 2.77 bits per heavy atom. The van der Waals surface area contributed by atoms with E-state index < -0.39 is 11.9 Å². The Morgan fingerprint density at radius 2 is 1.98 bits per heavy atom. The molecule has 13 heteroatoms. The largest absolute Gasteiger partial charge is 0.493 e. The smallest absolute Gasteiger partial charge is 0.259 e. The van der Waals surface area contributed by atoms with Gasteiger partial charge in [0.1, 0.15) is 23.1 Å². The number of hydrogen-bond acceptors (Lipinski definition) is 7. The number of benzene rings is 1. The molecule has 0 aliphatic carbocycles. The van der Waals surface area contributed by atoms with Crippen molar-refractivity contribution in [2.75, 3.05) is 33.4 Å². The van der Waals surface area contributed by atoms with E-state index in [1.165, 1.54) is 11.1 Å². The van der Waals surface area contributed by atoms with Crippen molar-refractivity contribution in [2.45, 2.75) is 39.3 Å². The molecule has 0 unspecified atom stereocenters. The Labute approximate surface area is 249 Å². The molecule has 0 saturated carbocycles. The average molecular weight is 591 g/mol. The summed E-state index contributed by atoms with van der Waals surface area (Å²) in [4.78, 5) is 46.2. The fourth-order valence-electron chi connectivity index (χ4n) is 5.24. The van der Waals surface area contributed by atoms with Crippen molar-refractivity contribution in [1.82, 2.24) is 39.3 Å². The molecule has 1 aliphatic heterocycles. The first-order chi connectivity index (χ1) is 20.8. The molecule has 2 N–H and O–H groups in total. The van der Waals surface area contributed by atoms with Gasteiger partial charge in [-0.25, -0.2) is 9.50 Å². The number of amides is 3. The second kappa shape index (κ2) is 13.0. The first kappa shape index (κ1) is 29.7. The first-order valence-electron chi connectivity index (χ1n) is 14.4. The van der Waals surface area contributed by atoms with Crippen molar-refractivity contribution in [3.8, 4) is 22.9 Å². The Hall–Kier alpha value is -4.81. The van der Waals surface area contributed by atoms with Crippen LogP contribution in [0.25, 0.3) is 17.0 Å². The van der Waals surface area contributed by atoms with Gasteiger partial charge in [0.25, 0.3) is 5.91 Å². The number of imidazole rings is 2. The molecule has 3 aromatic heterocycles. The minimum atomic E-state index is -0.747. The minimum absolute atomic E-state index is 0.157. The van der Waals surface area contributed by atoms with E-state index in [0.29, 0.717) is 48.6 Å². The quantitative estimate of drug-likeness (QED) is 0.373. The highest BCUT2D eigenvalue weighted by atomic mass is 16.5. The van der Waals surface area contributed by atoms with Crippen molar-refractivity contribution in [2.24, 2.45) is 13.0 Å². The molecule has 3 amide bonds. The zero-order valence-electron chi connectivity index (χ0n) is 24.9. The van der Waals surface area contributed by atoms with Crippen LogP contribution in [-0.2, 0) is 23.2 Å². The second-order valence-corrected chi connectivity index (χ2v) is 10.9. The molecule has 43 heavy (non-hydrogen) atoms. The average Bonchev–Trinajstić information content (AvgIpc) is 3.72. The van der Waals surface area contributed by atoms with Crippen molar-refractivity contribution in [3.05, 3.63) is 54.7 Å². The summed E-state index contributed by atoms with van der Waals surface area (Å²) in [5.74, 6) is 0.722. The molecular formula is C30H38N8O5. The molecule has 2 bridgehead atoms. The number of rotatable bonds is 3. The number of nitrogens with zero attached hydrogens (tertiary/aromatic N) is 6. The van der Waals surface area contributed by atoms with Crippen LogP contribution in [0.4, 0.5) is 0 Å². The van der Waals surface area contributed by atoms with Crippen LogP contribution < -0.4 is 20.1 Å². The molecule has 1 aromatic carbocycles. The van der Waals surface area contributed by atoms with Crippen LogP contribution in [0.2, 0.25) is 0 Å². The van der Waals surface area contributed by atoms with E-state index in [9.17, 15) is 14.4 Å². The number of fused-ring (bicyclic) bond motifs is 5. The van der Waals surface area contributed by atoms with Gasteiger partial charge in [0.15, 0.2) is 11.5 Å². The highest BCUT2D eigenvalue weighted by Crippen LogP contribution is 2.32. The standard InChI is InChI=1S/C30H38N8O5/c1-20(2)26-28(40)32-9-5-11-36-13-10-31-27(36)21-7-8-23(42-4)24(17-21)43-16-6-12-37(19-25(39)34-26)30(41)22-18-33-38-15-14-35(3)29(22)38/h7-8,10,13-15,17-18,20,26H,5-6,9,11-12,16,19H2,1-4H3,(H,32,40)(H,34,39)/t26-/m1/s1. The number of carbonyl (C=O) groups is 3. The van der Waals surface area contributed by atoms with Gasteiger partial charge in [0.05, 0.1) is 26.5 Å². The van der Waals surface area contributed by atoms with Crippen molar-refractivity contribution in [1.29, 1.82) is 0 Å². The topological polar surface area (TPSA) is 137 Å². The molecule has 0 radical (unpaired) electrons. The molecule has 4 heterocycles. The molecule has 0 fully saturated rings. The maximum atomic E-state index is 13.8. The lowest BCUT2D eigenvalue weighted by atomic mass is 10.0. The third-order valence-electron chi connectivity index (χ3n) is 7.49. The van der Waals surface area contributed by atoms with Gasteiger partial charge in [0, 0.05) is 57.0 Å². The van der Waals surface area contributed by atoms with Crippen LogP contribution in [0.3, 0.4) is 0 Å². The number of aromatic nitrogens is 5.